The second-order valence-corrected chi connectivity index (χ2v) is 4.67. The van der Waals surface area contributed by atoms with Crippen molar-refractivity contribution < 1.29 is 0 Å². The Balaban J connectivity index is 2.80. The van der Waals surface area contributed by atoms with Crippen LogP contribution >= 0.6 is 22.9 Å². The highest BCUT2D eigenvalue weighted by Crippen LogP contribution is 2.32. The predicted octanol–water partition coefficient (Wildman–Crippen LogP) is 3.32. The number of halogens is 1. The standard InChI is InChI=1S/C10H10ClNS/c1-6-9(5-12)8-4-7(11)2-3-10(8)13-6/h2-4H,5,12H2,1H3. The van der Waals surface area contributed by atoms with E-state index in [4.69, 9.17) is 17.3 Å². The summed E-state index contributed by atoms with van der Waals surface area (Å²) in [5, 5.41) is 1.98. The van der Waals surface area contributed by atoms with Crippen molar-refractivity contribution in [1.29, 1.82) is 0 Å². The molecule has 0 bridgehead atoms. The summed E-state index contributed by atoms with van der Waals surface area (Å²) < 4.78 is 1.27. The van der Waals surface area contributed by atoms with Crippen molar-refractivity contribution in [2.75, 3.05) is 0 Å². The molecule has 3 heteroatoms. The number of nitrogens with two attached hydrogens (primary N) is 1. The maximum absolute atomic E-state index is 5.92. The lowest BCUT2D eigenvalue weighted by Crippen LogP contribution is -1.96. The summed E-state index contributed by atoms with van der Waals surface area (Å²) >= 11 is 7.69. The normalized spacial score (nSPS) is 11.0. The third-order valence-electron chi connectivity index (χ3n) is 2.16. The molecular formula is C10H10ClNS. The summed E-state index contributed by atoms with van der Waals surface area (Å²) in [5.74, 6) is 0. The average molecular weight is 212 g/mol. The molecule has 0 saturated heterocycles. The van der Waals surface area contributed by atoms with E-state index in [0.29, 0.717) is 6.54 Å². The molecule has 0 aliphatic rings. The fourth-order valence-electron chi connectivity index (χ4n) is 1.50. The van der Waals surface area contributed by atoms with E-state index in [2.05, 4.69) is 13.0 Å². The van der Waals surface area contributed by atoms with Crippen LogP contribution < -0.4 is 5.73 Å². The van der Waals surface area contributed by atoms with Crippen LogP contribution in [0.15, 0.2) is 18.2 Å². The minimum absolute atomic E-state index is 0.589. The number of rotatable bonds is 1. The van der Waals surface area contributed by atoms with Gasteiger partial charge in [-0.05, 0) is 36.1 Å². The van der Waals surface area contributed by atoms with Crippen LogP contribution in [0.3, 0.4) is 0 Å². The zero-order chi connectivity index (χ0) is 9.42. The lowest BCUT2D eigenvalue weighted by Gasteiger charge is -1.96. The molecule has 68 valence electrons. The van der Waals surface area contributed by atoms with Gasteiger partial charge in [0.15, 0.2) is 0 Å². The van der Waals surface area contributed by atoms with Gasteiger partial charge in [-0.3, -0.25) is 0 Å². The molecule has 1 aromatic heterocycles. The summed E-state index contributed by atoms with van der Waals surface area (Å²) in [5.41, 5.74) is 6.90. The van der Waals surface area contributed by atoms with Crippen LogP contribution in [0.5, 0.6) is 0 Å². The van der Waals surface area contributed by atoms with Crippen LogP contribution in [0.4, 0.5) is 0 Å². The first-order valence-electron chi connectivity index (χ1n) is 4.10. The smallest absolute Gasteiger partial charge is 0.0413 e. The van der Waals surface area contributed by atoms with Crippen molar-refractivity contribution in [1.82, 2.24) is 0 Å². The van der Waals surface area contributed by atoms with Gasteiger partial charge in [-0.25, -0.2) is 0 Å². The summed E-state index contributed by atoms with van der Waals surface area (Å²) in [7, 11) is 0. The summed E-state index contributed by atoms with van der Waals surface area (Å²) in [6.07, 6.45) is 0. The zero-order valence-electron chi connectivity index (χ0n) is 7.30. The van der Waals surface area contributed by atoms with E-state index in [9.17, 15) is 0 Å². The molecular weight excluding hydrogens is 202 g/mol. The maximum atomic E-state index is 5.92. The molecule has 1 aromatic carbocycles. The van der Waals surface area contributed by atoms with Gasteiger partial charge in [0.1, 0.15) is 0 Å². The summed E-state index contributed by atoms with van der Waals surface area (Å²) in [6.45, 7) is 2.69. The van der Waals surface area contributed by atoms with Gasteiger partial charge in [-0.15, -0.1) is 11.3 Å². The van der Waals surface area contributed by atoms with E-state index >= 15 is 0 Å². The van der Waals surface area contributed by atoms with Crippen LogP contribution in [-0.4, -0.2) is 0 Å². The van der Waals surface area contributed by atoms with Crippen molar-refractivity contribution in [3.05, 3.63) is 33.7 Å². The highest BCUT2D eigenvalue weighted by Gasteiger charge is 2.06. The lowest BCUT2D eigenvalue weighted by molar-refractivity contribution is 1.08. The zero-order valence-corrected chi connectivity index (χ0v) is 8.88. The minimum Gasteiger partial charge on any atom is -0.326 e. The molecule has 2 aromatic rings. The van der Waals surface area contributed by atoms with Crippen molar-refractivity contribution in [3.8, 4) is 0 Å². The van der Waals surface area contributed by atoms with Gasteiger partial charge >= 0.3 is 0 Å². The number of fused-ring (bicyclic) bond motifs is 1. The van der Waals surface area contributed by atoms with Crippen molar-refractivity contribution >= 4 is 33.0 Å². The third-order valence-corrected chi connectivity index (χ3v) is 3.52. The monoisotopic (exact) mass is 211 g/mol. The Morgan fingerprint density at radius 2 is 2.23 bits per heavy atom. The first-order valence-corrected chi connectivity index (χ1v) is 5.29. The number of hydrogen-bond donors (Lipinski definition) is 1. The third kappa shape index (κ3) is 1.46. The van der Waals surface area contributed by atoms with E-state index in [1.165, 1.54) is 20.5 Å². The van der Waals surface area contributed by atoms with Gasteiger partial charge in [0.2, 0.25) is 0 Å². The maximum Gasteiger partial charge on any atom is 0.0413 e. The quantitative estimate of drug-likeness (QED) is 0.770. The Hall–Kier alpha value is -0.570. The summed E-state index contributed by atoms with van der Waals surface area (Å²) in [4.78, 5) is 1.29. The van der Waals surface area contributed by atoms with Gasteiger partial charge in [0, 0.05) is 21.1 Å². The molecule has 1 heterocycles. The Morgan fingerprint density at radius 3 is 2.92 bits per heavy atom. The number of thiophene rings is 1. The molecule has 1 nitrogen and oxygen atoms in total. The summed E-state index contributed by atoms with van der Waals surface area (Å²) in [6, 6.07) is 5.96. The number of hydrogen-bond acceptors (Lipinski definition) is 2. The molecule has 0 unspecified atom stereocenters. The van der Waals surface area contributed by atoms with Crippen LogP contribution in [0.25, 0.3) is 10.1 Å². The molecule has 0 spiro atoms. The molecule has 0 amide bonds. The molecule has 2 rings (SSSR count). The predicted molar refractivity (Wildman–Crippen MR) is 59.5 cm³/mol. The molecule has 2 N–H and O–H groups in total. The van der Waals surface area contributed by atoms with Gasteiger partial charge in [0.25, 0.3) is 0 Å². The first kappa shape index (κ1) is 9.00. The Labute approximate surface area is 86.1 Å². The van der Waals surface area contributed by atoms with Crippen LogP contribution in [-0.2, 0) is 6.54 Å². The average Bonchev–Trinajstić information content (AvgIpc) is 2.40. The lowest BCUT2D eigenvalue weighted by atomic mass is 10.1. The van der Waals surface area contributed by atoms with E-state index in [1.54, 1.807) is 11.3 Å². The minimum atomic E-state index is 0.589. The fraction of sp³-hybridized carbons (Fsp3) is 0.200. The van der Waals surface area contributed by atoms with Crippen LogP contribution in [0, 0.1) is 6.92 Å². The van der Waals surface area contributed by atoms with Gasteiger partial charge in [-0.2, -0.15) is 0 Å². The Morgan fingerprint density at radius 1 is 1.46 bits per heavy atom. The van der Waals surface area contributed by atoms with E-state index in [0.717, 1.165) is 5.02 Å². The second kappa shape index (κ2) is 3.29. The molecule has 0 atom stereocenters. The first-order chi connectivity index (χ1) is 6.22. The molecule has 0 fully saturated rings. The highest BCUT2D eigenvalue weighted by molar-refractivity contribution is 7.19. The molecule has 0 aliphatic carbocycles. The fourth-order valence-corrected chi connectivity index (χ4v) is 2.74. The molecule has 0 saturated carbocycles. The van der Waals surface area contributed by atoms with Crippen LogP contribution in [0.1, 0.15) is 10.4 Å². The van der Waals surface area contributed by atoms with Crippen molar-refractivity contribution in [2.24, 2.45) is 5.73 Å². The SMILES string of the molecule is Cc1sc2ccc(Cl)cc2c1CN. The Kier molecular flexibility index (Phi) is 2.28. The molecule has 0 aliphatic heterocycles. The van der Waals surface area contributed by atoms with Gasteiger partial charge in [0.05, 0.1) is 0 Å². The topological polar surface area (TPSA) is 26.0 Å². The molecule has 13 heavy (non-hydrogen) atoms. The second-order valence-electron chi connectivity index (χ2n) is 2.98. The van der Waals surface area contributed by atoms with Crippen molar-refractivity contribution in [3.63, 3.8) is 0 Å². The van der Waals surface area contributed by atoms with E-state index in [-0.39, 0.29) is 0 Å². The van der Waals surface area contributed by atoms with Crippen molar-refractivity contribution in [2.45, 2.75) is 13.5 Å². The Bertz CT molecular complexity index is 447. The van der Waals surface area contributed by atoms with E-state index in [1.807, 2.05) is 12.1 Å². The molecule has 0 radical (unpaired) electrons. The highest BCUT2D eigenvalue weighted by atomic mass is 35.5. The largest absolute Gasteiger partial charge is 0.326 e. The number of benzene rings is 1. The van der Waals surface area contributed by atoms with Crippen LogP contribution in [0.2, 0.25) is 5.02 Å². The van der Waals surface area contributed by atoms with Gasteiger partial charge < -0.3 is 5.73 Å². The number of aryl methyl sites for hydroxylation is 1. The van der Waals surface area contributed by atoms with Gasteiger partial charge in [-0.1, -0.05) is 11.6 Å². The van der Waals surface area contributed by atoms with E-state index < -0.39 is 0 Å².